The van der Waals surface area contributed by atoms with Crippen LogP contribution >= 0.6 is 11.6 Å². The van der Waals surface area contributed by atoms with Crippen LogP contribution in [-0.4, -0.2) is 52.9 Å². The second-order valence-electron chi connectivity index (χ2n) is 8.01. The SMILES string of the molecule is COC(=O)c1ccc(-c2nn(C(=O)c3c(Cl)cccc3C(F)(F)F)c3cc(C(=O)NCCO)ccc23)cc1. The largest absolute Gasteiger partial charge is 0.465 e. The van der Waals surface area contributed by atoms with Gasteiger partial charge in [0.05, 0.1) is 40.9 Å². The summed E-state index contributed by atoms with van der Waals surface area (Å²) in [6, 6.07) is 13.3. The maximum atomic E-state index is 13.8. The number of rotatable bonds is 6. The zero-order valence-corrected chi connectivity index (χ0v) is 20.4. The number of carbonyl (C=O) groups excluding carboxylic acids is 3. The molecule has 0 fully saturated rings. The lowest BCUT2D eigenvalue weighted by Gasteiger charge is -2.13. The van der Waals surface area contributed by atoms with Crippen molar-refractivity contribution in [1.82, 2.24) is 15.1 Å². The number of carbonyl (C=O) groups is 3. The van der Waals surface area contributed by atoms with Crippen molar-refractivity contribution in [3.63, 3.8) is 0 Å². The molecular formula is C26H19ClF3N3O5. The molecule has 4 aromatic rings. The molecule has 1 aromatic heterocycles. The number of ether oxygens (including phenoxy) is 1. The number of methoxy groups -OCH3 is 1. The van der Waals surface area contributed by atoms with Crippen molar-refractivity contribution >= 4 is 40.3 Å². The Morgan fingerprint density at radius 2 is 1.74 bits per heavy atom. The van der Waals surface area contributed by atoms with Gasteiger partial charge in [0.1, 0.15) is 5.69 Å². The minimum Gasteiger partial charge on any atom is -0.465 e. The van der Waals surface area contributed by atoms with Gasteiger partial charge >= 0.3 is 12.1 Å². The average molecular weight is 546 g/mol. The summed E-state index contributed by atoms with van der Waals surface area (Å²) in [6.07, 6.45) is -4.87. The van der Waals surface area contributed by atoms with Gasteiger partial charge in [-0.05, 0) is 42.5 Å². The molecule has 2 N–H and O–H groups in total. The molecule has 4 rings (SSSR count). The number of esters is 1. The van der Waals surface area contributed by atoms with Gasteiger partial charge in [-0.3, -0.25) is 9.59 Å². The van der Waals surface area contributed by atoms with Gasteiger partial charge in [0.2, 0.25) is 0 Å². The maximum Gasteiger partial charge on any atom is 0.417 e. The lowest BCUT2D eigenvalue weighted by Crippen LogP contribution is -2.26. The Morgan fingerprint density at radius 3 is 2.37 bits per heavy atom. The maximum absolute atomic E-state index is 13.8. The summed E-state index contributed by atoms with van der Waals surface area (Å²) in [7, 11) is 1.23. The van der Waals surface area contributed by atoms with E-state index in [0.29, 0.717) is 10.9 Å². The van der Waals surface area contributed by atoms with E-state index in [2.05, 4.69) is 15.2 Å². The van der Waals surface area contributed by atoms with Crippen LogP contribution in [0.5, 0.6) is 0 Å². The van der Waals surface area contributed by atoms with E-state index in [0.717, 1.165) is 22.9 Å². The van der Waals surface area contributed by atoms with E-state index >= 15 is 0 Å². The molecule has 0 spiro atoms. The molecule has 1 amide bonds. The number of hydrogen-bond acceptors (Lipinski definition) is 6. The number of aromatic nitrogens is 2. The van der Waals surface area contributed by atoms with Crippen LogP contribution in [0, 0.1) is 0 Å². The Morgan fingerprint density at radius 1 is 1.05 bits per heavy atom. The van der Waals surface area contributed by atoms with E-state index in [9.17, 15) is 27.6 Å². The third-order valence-corrected chi connectivity index (χ3v) is 5.96. The summed E-state index contributed by atoms with van der Waals surface area (Å²) in [5, 5.41) is 15.7. The van der Waals surface area contributed by atoms with Crippen LogP contribution in [-0.2, 0) is 10.9 Å². The first kappa shape index (κ1) is 26.8. The number of halogens is 4. The normalized spacial score (nSPS) is 11.4. The second kappa shape index (κ2) is 10.6. The fourth-order valence-electron chi connectivity index (χ4n) is 3.86. The molecule has 196 valence electrons. The van der Waals surface area contributed by atoms with Crippen molar-refractivity contribution in [2.24, 2.45) is 0 Å². The van der Waals surface area contributed by atoms with Gasteiger partial charge in [-0.25, -0.2) is 4.79 Å². The van der Waals surface area contributed by atoms with Gasteiger partial charge in [-0.2, -0.15) is 23.0 Å². The highest BCUT2D eigenvalue weighted by Gasteiger charge is 2.37. The summed E-state index contributed by atoms with van der Waals surface area (Å²) >= 11 is 6.06. The van der Waals surface area contributed by atoms with Crippen molar-refractivity contribution in [3.8, 4) is 11.3 Å². The quantitative estimate of drug-likeness (QED) is 0.343. The molecule has 0 aliphatic heterocycles. The first-order valence-electron chi connectivity index (χ1n) is 11.1. The predicted octanol–water partition coefficient (Wildman–Crippen LogP) is 4.57. The summed E-state index contributed by atoms with van der Waals surface area (Å²) in [4.78, 5) is 37.8. The molecule has 0 aliphatic rings. The Balaban J connectivity index is 1.93. The highest BCUT2D eigenvalue weighted by atomic mass is 35.5. The molecule has 8 nitrogen and oxygen atoms in total. The average Bonchev–Trinajstić information content (AvgIpc) is 3.29. The molecule has 1 heterocycles. The Kier molecular flexibility index (Phi) is 7.51. The highest BCUT2D eigenvalue weighted by molar-refractivity contribution is 6.34. The molecule has 0 saturated carbocycles. The molecule has 3 aromatic carbocycles. The van der Waals surface area contributed by atoms with Gasteiger partial charge < -0.3 is 15.2 Å². The zero-order valence-electron chi connectivity index (χ0n) is 19.7. The van der Waals surface area contributed by atoms with Crippen LogP contribution in [0.1, 0.15) is 36.6 Å². The van der Waals surface area contributed by atoms with E-state index in [1.807, 2.05) is 0 Å². The van der Waals surface area contributed by atoms with Gasteiger partial charge in [0, 0.05) is 23.1 Å². The fraction of sp³-hybridized carbons (Fsp3) is 0.154. The topological polar surface area (TPSA) is 111 Å². The van der Waals surface area contributed by atoms with Gasteiger partial charge in [-0.1, -0.05) is 29.8 Å². The van der Waals surface area contributed by atoms with Crippen LogP contribution in [0.2, 0.25) is 5.02 Å². The third-order valence-electron chi connectivity index (χ3n) is 5.65. The van der Waals surface area contributed by atoms with Crippen molar-refractivity contribution in [2.75, 3.05) is 20.3 Å². The van der Waals surface area contributed by atoms with Crippen LogP contribution in [0.3, 0.4) is 0 Å². The lowest BCUT2D eigenvalue weighted by molar-refractivity contribution is -0.137. The molecule has 0 radical (unpaired) electrons. The highest BCUT2D eigenvalue weighted by Crippen LogP contribution is 2.37. The number of nitrogens with zero attached hydrogens (tertiary/aromatic N) is 2. The zero-order chi connectivity index (χ0) is 27.6. The van der Waals surface area contributed by atoms with Crippen molar-refractivity contribution < 1.29 is 37.4 Å². The summed E-state index contributed by atoms with van der Waals surface area (Å²) in [5.74, 6) is -2.30. The van der Waals surface area contributed by atoms with Crippen LogP contribution < -0.4 is 5.32 Å². The Hall–Kier alpha value is -4.22. The monoisotopic (exact) mass is 545 g/mol. The number of fused-ring (bicyclic) bond motifs is 1. The van der Waals surface area contributed by atoms with Crippen LogP contribution in [0.4, 0.5) is 13.2 Å². The summed E-state index contributed by atoms with van der Waals surface area (Å²) < 4.78 is 46.7. The molecule has 0 unspecified atom stereocenters. The number of benzene rings is 3. The van der Waals surface area contributed by atoms with Crippen molar-refractivity contribution in [1.29, 1.82) is 0 Å². The van der Waals surface area contributed by atoms with E-state index in [-0.39, 0.29) is 35.5 Å². The Labute approximate surface area is 218 Å². The minimum atomic E-state index is -4.87. The number of alkyl halides is 3. The molecular weight excluding hydrogens is 527 g/mol. The van der Waals surface area contributed by atoms with Crippen LogP contribution in [0.15, 0.2) is 60.7 Å². The van der Waals surface area contributed by atoms with Gasteiger partial charge in [-0.15, -0.1) is 0 Å². The molecule has 12 heteroatoms. The molecule has 0 atom stereocenters. The van der Waals surface area contributed by atoms with Crippen molar-refractivity contribution in [3.05, 3.63) is 87.9 Å². The fourth-order valence-corrected chi connectivity index (χ4v) is 4.12. The smallest absolute Gasteiger partial charge is 0.417 e. The minimum absolute atomic E-state index is 0.0264. The standard InChI is InChI=1S/C26H19ClF3N3O5/c1-38-25(37)15-7-5-14(6-8-15)22-17-10-9-16(23(35)31-11-12-34)13-20(17)33(32-22)24(36)21-18(26(28,29)30)3-2-4-19(21)27/h2-10,13,34H,11-12H2,1H3,(H,31,35). The van der Waals surface area contributed by atoms with Crippen LogP contribution in [0.25, 0.3) is 22.2 Å². The van der Waals surface area contributed by atoms with E-state index in [1.165, 1.54) is 37.4 Å². The molecule has 0 bridgehead atoms. The Bertz CT molecular complexity index is 1550. The number of aliphatic hydroxyl groups is 1. The second-order valence-corrected chi connectivity index (χ2v) is 8.41. The van der Waals surface area contributed by atoms with E-state index < -0.39 is 40.1 Å². The predicted molar refractivity (Wildman–Crippen MR) is 132 cm³/mol. The number of nitrogens with one attached hydrogen (secondary N) is 1. The van der Waals surface area contributed by atoms with Gasteiger partial charge in [0.25, 0.3) is 11.8 Å². The van der Waals surface area contributed by atoms with E-state index in [4.69, 9.17) is 16.7 Å². The number of aliphatic hydroxyl groups excluding tert-OH is 1. The summed E-state index contributed by atoms with van der Waals surface area (Å²) in [5.41, 5.74) is -0.984. The first-order chi connectivity index (χ1) is 18.1. The van der Waals surface area contributed by atoms with Gasteiger partial charge in [0.15, 0.2) is 0 Å². The molecule has 0 saturated heterocycles. The summed E-state index contributed by atoms with van der Waals surface area (Å²) in [6.45, 7) is -0.329. The number of hydrogen-bond donors (Lipinski definition) is 2. The molecule has 0 aliphatic carbocycles. The first-order valence-corrected chi connectivity index (χ1v) is 11.5. The lowest BCUT2D eigenvalue weighted by atomic mass is 10.0. The third kappa shape index (κ3) is 5.11. The number of amides is 1. The molecule has 38 heavy (non-hydrogen) atoms. The van der Waals surface area contributed by atoms with Crippen molar-refractivity contribution in [2.45, 2.75) is 6.18 Å². The van der Waals surface area contributed by atoms with E-state index in [1.54, 1.807) is 12.1 Å².